The van der Waals surface area contributed by atoms with Gasteiger partial charge < -0.3 is 23.7 Å². The number of unbranched alkanes of at least 4 members (excludes halogenated alkanes) is 1. The lowest BCUT2D eigenvalue weighted by Crippen LogP contribution is -2.32. The second-order valence-corrected chi connectivity index (χ2v) is 16.0. The highest BCUT2D eigenvalue weighted by molar-refractivity contribution is 7.86. The van der Waals surface area contributed by atoms with Crippen molar-refractivity contribution in [1.29, 1.82) is 0 Å². The molecule has 9 nitrogen and oxygen atoms in total. The summed E-state index contributed by atoms with van der Waals surface area (Å²) in [5, 5.41) is 0.735. The zero-order valence-corrected chi connectivity index (χ0v) is 31.7. The maximum absolute atomic E-state index is 13.6. The van der Waals surface area contributed by atoms with Gasteiger partial charge >= 0.3 is 5.97 Å². The average molecular weight is 737 g/mol. The van der Waals surface area contributed by atoms with Crippen LogP contribution in [0.15, 0.2) is 64.6 Å². The molecule has 2 saturated heterocycles. The van der Waals surface area contributed by atoms with E-state index in [9.17, 15) is 13.2 Å². The Morgan fingerprint density at radius 3 is 2.36 bits per heavy atom. The van der Waals surface area contributed by atoms with E-state index in [0.29, 0.717) is 45.3 Å². The molecule has 0 spiro atoms. The first kappa shape index (κ1) is 40.7. The van der Waals surface area contributed by atoms with Gasteiger partial charge in [-0.25, -0.2) is 0 Å². The van der Waals surface area contributed by atoms with Crippen molar-refractivity contribution >= 4 is 27.7 Å². The quantitative estimate of drug-likeness (QED) is 0.0634. The van der Waals surface area contributed by atoms with Gasteiger partial charge in [-0.05, 0) is 102 Å². The van der Waals surface area contributed by atoms with Crippen LogP contribution in [0.25, 0.3) is 0 Å². The molecular formula is C39H57ClO9S. The number of carbonyl (C=O) groups is 1. The highest BCUT2D eigenvalue weighted by Gasteiger charge is 2.46. The summed E-state index contributed by atoms with van der Waals surface area (Å²) in [5.74, 6) is -0.534. The number of halogens is 1. The fourth-order valence-electron chi connectivity index (χ4n) is 6.77. The Morgan fingerprint density at radius 2 is 1.72 bits per heavy atom. The molecule has 2 heterocycles. The van der Waals surface area contributed by atoms with E-state index < -0.39 is 16.2 Å². The van der Waals surface area contributed by atoms with Crippen LogP contribution >= 0.6 is 11.6 Å². The predicted molar refractivity (Wildman–Crippen MR) is 194 cm³/mol. The molecule has 8 atom stereocenters. The lowest BCUT2D eigenvalue weighted by atomic mass is 9.88. The molecule has 50 heavy (non-hydrogen) atoms. The van der Waals surface area contributed by atoms with E-state index in [2.05, 4.69) is 25.2 Å². The number of hydrogen-bond acceptors (Lipinski definition) is 9. The van der Waals surface area contributed by atoms with E-state index >= 15 is 0 Å². The standard InChI is InChI=1S/C39H57ClO9S/c1-28-17-21-31(22-18-28)50(42,43)49-36-27-35(48-39-16-10-12-26-46-39)33(32(36)13-7-5-6-8-14-37(41)44-4)23-24-34(29(2)19-20-30(3)40)47-38-15-9-11-25-45-38/h5,7,17-18,20-24,29,32-36,38-39H,6,8-16,19,25-27H2,1-4H3/b7-5-,24-23+,30-20-/t29?,32-,33-,34-,35-,36-,38?,39?/m1/s1. The number of hydrogen-bond donors (Lipinski definition) is 0. The maximum Gasteiger partial charge on any atom is 0.305 e. The topological polar surface area (TPSA) is 107 Å². The van der Waals surface area contributed by atoms with Crippen molar-refractivity contribution in [3.63, 3.8) is 0 Å². The van der Waals surface area contributed by atoms with Crippen molar-refractivity contribution in [2.75, 3.05) is 20.3 Å². The number of aryl methyl sites for hydroxylation is 1. The molecule has 11 heteroatoms. The molecule has 0 radical (unpaired) electrons. The Morgan fingerprint density at radius 1 is 1.02 bits per heavy atom. The maximum atomic E-state index is 13.6. The van der Waals surface area contributed by atoms with Crippen molar-refractivity contribution in [2.45, 2.75) is 134 Å². The van der Waals surface area contributed by atoms with E-state index in [0.717, 1.165) is 55.5 Å². The van der Waals surface area contributed by atoms with Crippen LogP contribution in [0.5, 0.6) is 0 Å². The van der Waals surface area contributed by atoms with Gasteiger partial charge in [0, 0.05) is 37.0 Å². The number of rotatable bonds is 18. The van der Waals surface area contributed by atoms with Gasteiger partial charge in [-0.2, -0.15) is 8.42 Å². The minimum absolute atomic E-state index is 0.107. The molecule has 3 unspecified atom stereocenters. The number of carbonyl (C=O) groups excluding carboxylic acids is 1. The third-order valence-electron chi connectivity index (χ3n) is 9.75. The monoisotopic (exact) mass is 736 g/mol. The zero-order chi connectivity index (χ0) is 35.9. The van der Waals surface area contributed by atoms with Gasteiger partial charge in [-0.15, -0.1) is 0 Å². The lowest BCUT2D eigenvalue weighted by molar-refractivity contribution is -0.193. The summed E-state index contributed by atoms with van der Waals surface area (Å²) < 4.78 is 63.3. The third-order valence-corrected chi connectivity index (χ3v) is 11.3. The molecule has 3 aliphatic rings. The molecule has 1 aromatic carbocycles. The molecule has 4 rings (SSSR count). The van der Waals surface area contributed by atoms with Crippen LogP contribution in [0.1, 0.15) is 96.5 Å². The van der Waals surface area contributed by atoms with E-state index in [1.807, 2.05) is 26.0 Å². The second kappa shape index (κ2) is 20.9. The molecule has 0 bridgehead atoms. The molecule has 2 aliphatic heterocycles. The minimum Gasteiger partial charge on any atom is -0.469 e. The number of methoxy groups -OCH3 is 1. The molecule has 1 aromatic rings. The summed E-state index contributed by atoms with van der Waals surface area (Å²) in [6, 6.07) is 6.72. The zero-order valence-electron chi connectivity index (χ0n) is 30.2. The molecule has 1 aliphatic carbocycles. The molecule has 0 N–H and O–H groups in total. The SMILES string of the molecule is COC(=O)CCC/C=C\C[C@@H]1[C@@H](/C=C/[C@@H](OC2CCCCO2)C(C)C/C=C(/C)Cl)[C@H](OC2CCCCO2)C[C@H]1OS(=O)(=O)c1ccc(C)cc1. The fourth-order valence-corrected chi connectivity index (χ4v) is 7.99. The highest BCUT2D eigenvalue weighted by Crippen LogP contribution is 2.42. The Kier molecular flexibility index (Phi) is 17.0. The van der Waals surface area contributed by atoms with E-state index in [-0.39, 0.29) is 53.4 Å². The molecular weight excluding hydrogens is 680 g/mol. The summed E-state index contributed by atoms with van der Waals surface area (Å²) >= 11 is 6.21. The molecule has 280 valence electrons. The van der Waals surface area contributed by atoms with E-state index in [1.165, 1.54) is 7.11 Å². The Hall–Kier alpha value is -2.05. The van der Waals surface area contributed by atoms with Crippen molar-refractivity contribution in [1.82, 2.24) is 0 Å². The summed E-state index contributed by atoms with van der Waals surface area (Å²) in [6.45, 7) is 7.25. The molecule has 0 aromatic heterocycles. The van der Waals surface area contributed by atoms with Crippen LogP contribution in [-0.2, 0) is 42.8 Å². The number of ether oxygens (including phenoxy) is 5. The van der Waals surface area contributed by atoms with Crippen molar-refractivity contribution in [2.24, 2.45) is 17.8 Å². The summed E-state index contributed by atoms with van der Waals surface area (Å²) in [5.41, 5.74) is 0.965. The fraction of sp³-hybridized carbons (Fsp3) is 0.667. The number of benzene rings is 1. The van der Waals surface area contributed by atoms with Gasteiger partial charge in [-0.3, -0.25) is 8.98 Å². The van der Waals surface area contributed by atoms with Gasteiger partial charge in [0.05, 0.1) is 30.3 Å². The van der Waals surface area contributed by atoms with Crippen molar-refractivity contribution in [3.05, 3.63) is 65.2 Å². The van der Waals surface area contributed by atoms with Crippen LogP contribution in [0.3, 0.4) is 0 Å². The predicted octanol–water partition coefficient (Wildman–Crippen LogP) is 8.54. The van der Waals surface area contributed by atoms with Crippen LogP contribution in [-0.4, -0.2) is 65.6 Å². The number of esters is 1. The third kappa shape index (κ3) is 13.2. The Labute approximate surface area is 304 Å². The van der Waals surface area contributed by atoms with Crippen LogP contribution in [0.2, 0.25) is 0 Å². The normalized spacial score (nSPS) is 27.9. The first-order valence-electron chi connectivity index (χ1n) is 18.3. The van der Waals surface area contributed by atoms with Crippen LogP contribution < -0.4 is 0 Å². The first-order valence-corrected chi connectivity index (χ1v) is 20.1. The van der Waals surface area contributed by atoms with Gasteiger partial charge in [-0.1, -0.05) is 66.6 Å². The van der Waals surface area contributed by atoms with Crippen molar-refractivity contribution in [3.8, 4) is 0 Å². The summed E-state index contributed by atoms with van der Waals surface area (Å²) in [4.78, 5) is 11.7. The Bertz CT molecular complexity index is 1360. The molecule has 0 amide bonds. The van der Waals surface area contributed by atoms with Crippen LogP contribution in [0.4, 0.5) is 0 Å². The van der Waals surface area contributed by atoms with Gasteiger partial charge in [0.2, 0.25) is 0 Å². The largest absolute Gasteiger partial charge is 0.469 e. The lowest BCUT2D eigenvalue weighted by Gasteiger charge is -2.31. The van der Waals surface area contributed by atoms with Gasteiger partial charge in [0.1, 0.15) is 0 Å². The van der Waals surface area contributed by atoms with E-state index in [1.54, 1.807) is 24.3 Å². The number of allylic oxidation sites excluding steroid dienone is 4. The average Bonchev–Trinajstić information content (AvgIpc) is 3.41. The molecule has 3 fully saturated rings. The van der Waals surface area contributed by atoms with Gasteiger partial charge in [0.25, 0.3) is 10.1 Å². The summed E-state index contributed by atoms with van der Waals surface area (Å²) in [6.07, 6.45) is 17.6. The second-order valence-electron chi connectivity index (χ2n) is 13.8. The summed E-state index contributed by atoms with van der Waals surface area (Å²) in [7, 11) is -2.66. The van der Waals surface area contributed by atoms with Crippen molar-refractivity contribution < 1.29 is 41.1 Å². The highest BCUT2D eigenvalue weighted by atomic mass is 35.5. The Balaban J connectivity index is 1.63. The van der Waals surface area contributed by atoms with E-state index in [4.69, 9.17) is 39.5 Å². The van der Waals surface area contributed by atoms with Gasteiger partial charge in [0.15, 0.2) is 12.6 Å². The minimum atomic E-state index is -4.05. The molecule has 1 saturated carbocycles. The smallest absolute Gasteiger partial charge is 0.305 e. The first-order chi connectivity index (χ1) is 24.1. The van der Waals surface area contributed by atoms with Crippen LogP contribution in [0, 0.1) is 24.7 Å².